The summed E-state index contributed by atoms with van der Waals surface area (Å²) < 4.78 is 0. The van der Waals surface area contributed by atoms with E-state index in [9.17, 15) is 0 Å². The Morgan fingerprint density at radius 2 is 2.10 bits per heavy atom. The Hall–Kier alpha value is -1.58. The van der Waals surface area contributed by atoms with Gasteiger partial charge in [-0.1, -0.05) is 23.7 Å². The van der Waals surface area contributed by atoms with Crippen molar-refractivity contribution in [1.29, 1.82) is 0 Å². The quantitative estimate of drug-likeness (QED) is 0.745. The second-order valence-corrected chi connectivity index (χ2v) is 6.41. The first-order valence-electron chi connectivity index (χ1n) is 7.40. The minimum Gasteiger partial charge on any atom is -0.347 e. The Balaban J connectivity index is 1.91. The van der Waals surface area contributed by atoms with E-state index in [1.807, 2.05) is 18.3 Å². The van der Waals surface area contributed by atoms with Crippen LogP contribution in [-0.2, 0) is 6.42 Å². The highest BCUT2D eigenvalue weighted by Gasteiger charge is 2.32. The molecule has 0 amide bonds. The number of hydrogen-bond acceptors (Lipinski definition) is 3. The molecule has 108 valence electrons. The smallest absolute Gasteiger partial charge is 0.132 e. The summed E-state index contributed by atoms with van der Waals surface area (Å²) in [5.74, 6) is 1.14. The lowest BCUT2D eigenvalue weighted by molar-refractivity contribution is 0.268. The summed E-state index contributed by atoms with van der Waals surface area (Å²) in [6.45, 7) is 3.13. The molecule has 0 bridgehead atoms. The number of benzene rings is 1. The van der Waals surface area contributed by atoms with Gasteiger partial charge in [-0.3, -0.25) is 0 Å². The van der Waals surface area contributed by atoms with Gasteiger partial charge in [0.05, 0.1) is 6.04 Å². The normalized spacial score (nSPS) is 21.2. The summed E-state index contributed by atoms with van der Waals surface area (Å²) in [5, 5.41) is 0.816. The molecular weight excluding hydrogens is 282 g/mol. The van der Waals surface area contributed by atoms with Gasteiger partial charge in [-0.2, -0.15) is 0 Å². The largest absolute Gasteiger partial charge is 0.347 e. The number of aromatic nitrogens is 1. The predicted octanol–water partition coefficient (Wildman–Crippen LogP) is 3.13. The molecule has 1 unspecified atom stereocenters. The Morgan fingerprint density at radius 1 is 1.19 bits per heavy atom. The zero-order valence-corrected chi connectivity index (χ0v) is 12.8. The van der Waals surface area contributed by atoms with Gasteiger partial charge in [-0.25, -0.2) is 4.98 Å². The number of nitrogens with zero attached hydrogens (tertiary/aromatic N) is 3. The summed E-state index contributed by atoms with van der Waals surface area (Å²) >= 11 is 6.22. The summed E-state index contributed by atoms with van der Waals surface area (Å²) in [6.07, 6.45) is 2.81. The lowest BCUT2D eigenvalue weighted by atomic mass is 9.96. The molecule has 1 saturated heterocycles. The zero-order valence-electron chi connectivity index (χ0n) is 12.1. The van der Waals surface area contributed by atoms with Crippen LogP contribution in [0.25, 0.3) is 0 Å². The second-order valence-electron chi connectivity index (χ2n) is 5.98. The van der Waals surface area contributed by atoms with E-state index in [4.69, 9.17) is 11.6 Å². The number of pyridine rings is 1. The third-order valence-corrected chi connectivity index (χ3v) is 4.80. The summed E-state index contributed by atoms with van der Waals surface area (Å²) in [6, 6.07) is 10.9. The van der Waals surface area contributed by atoms with Crippen LogP contribution < -0.4 is 4.90 Å². The lowest BCUT2D eigenvalue weighted by Crippen LogP contribution is -2.47. The fourth-order valence-electron chi connectivity index (χ4n) is 3.52. The number of rotatable bonds is 0. The molecule has 0 spiro atoms. The first-order chi connectivity index (χ1) is 10.2. The number of fused-ring (bicyclic) bond motifs is 5. The highest BCUT2D eigenvalue weighted by Crippen LogP contribution is 2.38. The third-order valence-electron chi connectivity index (χ3n) is 4.57. The average molecular weight is 300 g/mol. The Kier molecular flexibility index (Phi) is 3.12. The fraction of sp³-hybridized carbons (Fsp3) is 0.353. The van der Waals surface area contributed by atoms with E-state index in [0.29, 0.717) is 6.04 Å². The number of anilines is 1. The summed E-state index contributed by atoms with van der Waals surface area (Å²) in [7, 11) is 2.19. The molecule has 0 aliphatic carbocycles. The molecule has 1 aromatic heterocycles. The van der Waals surface area contributed by atoms with E-state index >= 15 is 0 Å². The number of hydrogen-bond donors (Lipinski definition) is 0. The summed E-state index contributed by atoms with van der Waals surface area (Å²) in [4.78, 5) is 9.53. The Labute approximate surface area is 130 Å². The molecule has 2 aliphatic heterocycles. The minimum absolute atomic E-state index is 0.368. The molecule has 1 atom stereocenters. The first kappa shape index (κ1) is 13.1. The van der Waals surface area contributed by atoms with E-state index in [1.54, 1.807) is 0 Å². The van der Waals surface area contributed by atoms with Crippen molar-refractivity contribution in [2.75, 3.05) is 31.6 Å². The van der Waals surface area contributed by atoms with E-state index < -0.39 is 0 Å². The van der Waals surface area contributed by atoms with Crippen LogP contribution in [0.15, 0.2) is 36.5 Å². The van der Waals surface area contributed by atoms with E-state index in [0.717, 1.165) is 36.9 Å². The van der Waals surface area contributed by atoms with Crippen LogP contribution in [0, 0.1) is 0 Å². The van der Waals surface area contributed by atoms with E-state index in [2.05, 4.69) is 40.0 Å². The molecule has 1 fully saturated rings. The third kappa shape index (κ3) is 2.21. The molecule has 2 aliphatic rings. The Morgan fingerprint density at radius 3 is 3.00 bits per heavy atom. The van der Waals surface area contributed by atoms with Crippen molar-refractivity contribution in [3.8, 4) is 0 Å². The van der Waals surface area contributed by atoms with E-state index in [-0.39, 0.29) is 0 Å². The van der Waals surface area contributed by atoms with E-state index in [1.165, 1.54) is 16.7 Å². The number of halogens is 1. The lowest BCUT2D eigenvalue weighted by Gasteiger charge is -2.41. The highest BCUT2D eigenvalue weighted by atomic mass is 35.5. The SMILES string of the molecule is CN1CCN2c3ncccc3Cc3cc(Cl)ccc3C2C1. The van der Waals surface area contributed by atoms with Crippen molar-refractivity contribution in [2.45, 2.75) is 12.5 Å². The van der Waals surface area contributed by atoms with Gasteiger partial charge in [-0.15, -0.1) is 0 Å². The standard InChI is InChI=1S/C17H18ClN3/c1-20-7-8-21-16(11-20)15-5-4-14(18)10-13(15)9-12-3-2-6-19-17(12)21/h2-6,10,16H,7-9,11H2,1H3. The summed E-state index contributed by atoms with van der Waals surface area (Å²) in [5.41, 5.74) is 4.02. The van der Waals surface area contributed by atoms with Gasteiger partial charge in [0.15, 0.2) is 0 Å². The molecule has 0 N–H and O–H groups in total. The molecule has 21 heavy (non-hydrogen) atoms. The average Bonchev–Trinajstić information content (AvgIpc) is 2.60. The fourth-order valence-corrected chi connectivity index (χ4v) is 3.72. The molecule has 0 radical (unpaired) electrons. The van der Waals surface area contributed by atoms with Crippen LogP contribution >= 0.6 is 11.6 Å². The molecule has 3 heterocycles. The maximum atomic E-state index is 6.22. The topological polar surface area (TPSA) is 19.4 Å². The zero-order chi connectivity index (χ0) is 14.4. The van der Waals surface area contributed by atoms with Gasteiger partial charge in [0.2, 0.25) is 0 Å². The Bertz CT molecular complexity index is 685. The van der Waals surface area contributed by atoms with Gasteiger partial charge in [0.25, 0.3) is 0 Å². The maximum Gasteiger partial charge on any atom is 0.132 e. The van der Waals surface area contributed by atoms with Crippen molar-refractivity contribution in [2.24, 2.45) is 0 Å². The monoisotopic (exact) mass is 299 g/mol. The molecule has 2 aromatic rings. The van der Waals surface area contributed by atoms with Crippen LogP contribution in [0.3, 0.4) is 0 Å². The van der Waals surface area contributed by atoms with Crippen LogP contribution in [0.2, 0.25) is 5.02 Å². The van der Waals surface area contributed by atoms with Crippen LogP contribution in [0.4, 0.5) is 5.82 Å². The molecule has 0 saturated carbocycles. The number of likely N-dealkylation sites (N-methyl/N-ethyl adjacent to an activating group) is 1. The minimum atomic E-state index is 0.368. The van der Waals surface area contributed by atoms with Gasteiger partial charge >= 0.3 is 0 Å². The molecule has 4 rings (SSSR count). The van der Waals surface area contributed by atoms with Gasteiger partial charge in [0, 0.05) is 37.3 Å². The predicted molar refractivity (Wildman–Crippen MR) is 86.1 cm³/mol. The maximum absolute atomic E-state index is 6.22. The van der Waals surface area contributed by atoms with Crippen molar-refractivity contribution >= 4 is 17.4 Å². The van der Waals surface area contributed by atoms with Gasteiger partial charge in [-0.05, 0) is 41.9 Å². The molecular formula is C17H18ClN3. The number of piperazine rings is 1. The van der Waals surface area contributed by atoms with Crippen LogP contribution in [-0.4, -0.2) is 36.6 Å². The highest BCUT2D eigenvalue weighted by molar-refractivity contribution is 6.30. The van der Waals surface area contributed by atoms with Crippen molar-refractivity contribution in [3.05, 3.63) is 58.2 Å². The second kappa shape index (κ2) is 5.00. The molecule has 1 aromatic carbocycles. The molecule has 4 heteroatoms. The first-order valence-corrected chi connectivity index (χ1v) is 7.77. The van der Waals surface area contributed by atoms with Gasteiger partial charge < -0.3 is 9.80 Å². The molecule has 3 nitrogen and oxygen atoms in total. The van der Waals surface area contributed by atoms with Gasteiger partial charge in [0.1, 0.15) is 5.82 Å². The van der Waals surface area contributed by atoms with Crippen LogP contribution in [0.1, 0.15) is 22.7 Å². The van der Waals surface area contributed by atoms with Crippen molar-refractivity contribution in [3.63, 3.8) is 0 Å². The van der Waals surface area contributed by atoms with Crippen molar-refractivity contribution < 1.29 is 0 Å². The van der Waals surface area contributed by atoms with Crippen molar-refractivity contribution in [1.82, 2.24) is 9.88 Å². The van der Waals surface area contributed by atoms with Crippen LogP contribution in [0.5, 0.6) is 0 Å².